The van der Waals surface area contributed by atoms with E-state index in [2.05, 4.69) is 20.1 Å². The van der Waals surface area contributed by atoms with Crippen molar-refractivity contribution in [2.75, 3.05) is 13.7 Å². The maximum absolute atomic E-state index is 6.20. The lowest BCUT2D eigenvalue weighted by molar-refractivity contribution is 0.222. The average Bonchev–Trinajstić information content (AvgIpc) is 3.32. The summed E-state index contributed by atoms with van der Waals surface area (Å²) in [5.74, 6) is 1.88. The van der Waals surface area contributed by atoms with Gasteiger partial charge in [-0.1, -0.05) is 17.7 Å². The minimum atomic E-state index is 0.505. The highest BCUT2D eigenvalue weighted by molar-refractivity contribution is 6.31. The third-order valence-electron chi connectivity index (χ3n) is 5.16. The van der Waals surface area contributed by atoms with Crippen molar-refractivity contribution in [3.05, 3.63) is 64.6 Å². The van der Waals surface area contributed by atoms with E-state index in [0.717, 1.165) is 41.4 Å². The summed E-state index contributed by atoms with van der Waals surface area (Å²) in [5, 5.41) is 10.4. The van der Waals surface area contributed by atoms with Gasteiger partial charge in [-0.3, -0.25) is 4.90 Å². The summed E-state index contributed by atoms with van der Waals surface area (Å²) < 4.78 is 11.2. The topological polar surface area (TPSA) is 67.2 Å². The predicted octanol–water partition coefficient (Wildman–Crippen LogP) is 4.44. The number of aromatic nitrogens is 3. The quantitative estimate of drug-likeness (QED) is 0.554. The van der Waals surface area contributed by atoms with Gasteiger partial charge in [0, 0.05) is 46.7 Å². The summed E-state index contributed by atoms with van der Waals surface area (Å²) in [4.78, 5) is 5.83. The SMILES string of the molecule is COc1cccc(-c2nnc(CN3CCc4[nH]c5ccc(Cl)cc5c4C3)o2)c1. The van der Waals surface area contributed by atoms with Crippen molar-refractivity contribution in [1.29, 1.82) is 0 Å². The number of halogens is 1. The summed E-state index contributed by atoms with van der Waals surface area (Å²) in [6.07, 6.45) is 0.957. The molecule has 28 heavy (non-hydrogen) atoms. The Hall–Kier alpha value is -2.83. The maximum Gasteiger partial charge on any atom is 0.247 e. The van der Waals surface area contributed by atoms with E-state index in [-0.39, 0.29) is 0 Å². The van der Waals surface area contributed by atoms with Crippen molar-refractivity contribution >= 4 is 22.5 Å². The molecule has 3 heterocycles. The molecular weight excluding hydrogens is 376 g/mol. The van der Waals surface area contributed by atoms with Crippen LogP contribution in [-0.4, -0.2) is 33.7 Å². The van der Waals surface area contributed by atoms with Crippen molar-refractivity contribution in [3.8, 4) is 17.2 Å². The Morgan fingerprint density at radius 1 is 1.21 bits per heavy atom. The van der Waals surface area contributed by atoms with Crippen LogP contribution in [0.25, 0.3) is 22.4 Å². The highest BCUT2D eigenvalue weighted by atomic mass is 35.5. The number of aromatic amines is 1. The average molecular weight is 395 g/mol. The lowest BCUT2D eigenvalue weighted by Crippen LogP contribution is -2.29. The fourth-order valence-corrected chi connectivity index (χ4v) is 3.93. The Balaban J connectivity index is 1.36. The van der Waals surface area contributed by atoms with E-state index < -0.39 is 0 Å². The molecule has 0 saturated carbocycles. The molecule has 6 nitrogen and oxygen atoms in total. The molecule has 0 amide bonds. The number of methoxy groups -OCH3 is 1. The van der Waals surface area contributed by atoms with Gasteiger partial charge in [-0.05, 0) is 42.0 Å². The number of ether oxygens (including phenoxy) is 1. The molecule has 0 radical (unpaired) electrons. The first kappa shape index (κ1) is 17.3. The second kappa shape index (κ2) is 6.96. The van der Waals surface area contributed by atoms with Crippen LogP contribution in [0.3, 0.4) is 0 Å². The summed E-state index contributed by atoms with van der Waals surface area (Å²) in [6.45, 7) is 2.38. The van der Waals surface area contributed by atoms with Gasteiger partial charge in [0.25, 0.3) is 0 Å². The van der Waals surface area contributed by atoms with Gasteiger partial charge in [-0.15, -0.1) is 10.2 Å². The molecule has 0 unspecified atom stereocenters. The number of rotatable bonds is 4. The number of nitrogens with zero attached hydrogens (tertiary/aromatic N) is 3. The number of hydrogen-bond donors (Lipinski definition) is 1. The van der Waals surface area contributed by atoms with Crippen LogP contribution in [0.4, 0.5) is 0 Å². The molecule has 0 fully saturated rings. The van der Waals surface area contributed by atoms with Gasteiger partial charge in [-0.25, -0.2) is 0 Å². The van der Waals surface area contributed by atoms with Gasteiger partial charge in [0.2, 0.25) is 11.8 Å². The zero-order chi connectivity index (χ0) is 19.1. The predicted molar refractivity (Wildman–Crippen MR) is 107 cm³/mol. The molecule has 0 atom stereocenters. The second-order valence-corrected chi connectivity index (χ2v) is 7.40. The van der Waals surface area contributed by atoms with Gasteiger partial charge < -0.3 is 14.1 Å². The first-order valence-corrected chi connectivity index (χ1v) is 9.55. The first-order chi connectivity index (χ1) is 13.7. The minimum absolute atomic E-state index is 0.505. The molecule has 1 aliphatic heterocycles. The number of nitrogens with one attached hydrogen (secondary N) is 1. The Bertz CT molecular complexity index is 1150. The number of fused-ring (bicyclic) bond motifs is 3. The molecule has 142 valence electrons. The second-order valence-electron chi connectivity index (χ2n) is 6.97. The van der Waals surface area contributed by atoms with Gasteiger partial charge in [0.05, 0.1) is 13.7 Å². The summed E-state index contributed by atoms with van der Waals surface area (Å²) in [7, 11) is 1.64. The Labute approximate surface area is 167 Å². The maximum atomic E-state index is 6.20. The molecule has 4 aromatic rings. The first-order valence-electron chi connectivity index (χ1n) is 9.18. The molecule has 1 aliphatic rings. The molecule has 0 bridgehead atoms. The van der Waals surface area contributed by atoms with Crippen LogP contribution in [0, 0.1) is 0 Å². The molecule has 2 aromatic carbocycles. The van der Waals surface area contributed by atoms with Crippen LogP contribution in [0.1, 0.15) is 17.1 Å². The van der Waals surface area contributed by atoms with E-state index >= 15 is 0 Å². The summed E-state index contributed by atoms with van der Waals surface area (Å²) >= 11 is 6.20. The molecule has 7 heteroatoms. The van der Waals surface area contributed by atoms with Crippen LogP contribution in [-0.2, 0) is 19.5 Å². The van der Waals surface area contributed by atoms with Crippen molar-refractivity contribution in [2.24, 2.45) is 0 Å². The normalized spacial score (nSPS) is 14.4. The fourth-order valence-electron chi connectivity index (χ4n) is 3.76. The van der Waals surface area contributed by atoms with Crippen LogP contribution in [0.2, 0.25) is 5.02 Å². The van der Waals surface area contributed by atoms with E-state index in [1.165, 1.54) is 16.6 Å². The van der Waals surface area contributed by atoms with Gasteiger partial charge in [-0.2, -0.15) is 0 Å². The van der Waals surface area contributed by atoms with Crippen LogP contribution in [0.5, 0.6) is 5.75 Å². The Kier molecular flexibility index (Phi) is 4.30. The number of hydrogen-bond acceptors (Lipinski definition) is 5. The van der Waals surface area contributed by atoms with Crippen LogP contribution < -0.4 is 4.74 Å². The number of H-pyrrole nitrogens is 1. The molecule has 2 aromatic heterocycles. The summed E-state index contributed by atoms with van der Waals surface area (Å²) in [5.41, 5.74) is 4.58. The third kappa shape index (κ3) is 3.15. The summed E-state index contributed by atoms with van der Waals surface area (Å²) in [6, 6.07) is 13.6. The standard InChI is InChI=1S/C21H19ClN4O2/c1-27-15-4-2-3-13(9-15)21-25-24-20(28-21)12-26-8-7-19-17(11-26)16-10-14(22)5-6-18(16)23-19/h2-6,9-10,23H,7-8,11-12H2,1H3. The Morgan fingerprint density at radius 2 is 2.14 bits per heavy atom. The molecule has 0 saturated heterocycles. The van der Waals surface area contributed by atoms with Gasteiger partial charge >= 0.3 is 0 Å². The lowest BCUT2D eigenvalue weighted by atomic mass is 10.0. The minimum Gasteiger partial charge on any atom is -0.497 e. The van der Waals surface area contributed by atoms with E-state index in [1.54, 1.807) is 7.11 Å². The lowest BCUT2D eigenvalue weighted by Gasteiger charge is -2.25. The van der Waals surface area contributed by atoms with Crippen molar-refractivity contribution in [1.82, 2.24) is 20.1 Å². The van der Waals surface area contributed by atoms with E-state index in [4.69, 9.17) is 20.8 Å². The largest absolute Gasteiger partial charge is 0.497 e. The molecular formula is C21H19ClN4O2. The molecule has 0 aliphatic carbocycles. The number of benzene rings is 2. The highest BCUT2D eigenvalue weighted by Crippen LogP contribution is 2.30. The van der Waals surface area contributed by atoms with Crippen molar-refractivity contribution < 1.29 is 9.15 Å². The molecule has 1 N–H and O–H groups in total. The van der Waals surface area contributed by atoms with E-state index in [9.17, 15) is 0 Å². The molecule has 5 rings (SSSR count). The zero-order valence-corrected chi connectivity index (χ0v) is 16.2. The Morgan fingerprint density at radius 3 is 3.04 bits per heavy atom. The monoisotopic (exact) mass is 394 g/mol. The highest BCUT2D eigenvalue weighted by Gasteiger charge is 2.22. The third-order valence-corrected chi connectivity index (χ3v) is 5.39. The van der Waals surface area contributed by atoms with Gasteiger partial charge in [0.1, 0.15) is 5.75 Å². The fraction of sp³-hybridized carbons (Fsp3) is 0.238. The van der Waals surface area contributed by atoms with Gasteiger partial charge in [0.15, 0.2) is 0 Å². The van der Waals surface area contributed by atoms with E-state index in [1.807, 2.05) is 42.5 Å². The smallest absolute Gasteiger partial charge is 0.247 e. The van der Waals surface area contributed by atoms with Crippen molar-refractivity contribution in [3.63, 3.8) is 0 Å². The van der Waals surface area contributed by atoms with Crippen LogP contribution >= 0.6 is 11.6 Å². The van der Waals surface area contributed by atoms with Crippen molar-refractivity contribution in [2.45, 2.75) is 19.5 Å². The van der Waals surface area contributed by atoms with E-state index in [0.29, 0.717) is 18.3 Å². The van der Waals surface area contributed by atoms with Crippen LogP contribution in [0.15, 0.2) is 46.9 Å². The molecule has 0 spiro atoms. The zero-order valence-electron chi connectivity index (χ0n) is 15.4.